The van der Waals surface area contributed by atoms with Gasteiger partial charge in [0.05, 0.1) is 59.1 Å². The number of aryl methyl sites for hydroxylation is 2. The van der Waals surface area contributed by atoms with E-state index < -0.39 is 53.6 Å². The highest BCUT2D eigenvalue weighted by atomic mass is 35.5. The zero-order valence-corrected chi connectivity index (χ0v) is 64.2. The number of halogens is 2. The van der Waals surface area contributed by atoms with Crippen LogP contribution in [-0.2, 0) is 53.3 Å². The second-order valence-corrected chi connectivity index (χ2v) is 36.6. The summed E-state index contributed by atoms with van der Waals surface area (Å²) in [5.41, 5.74) is 3.21. The van der Waals surface area contributed by atoms with Crippen molar-refractivity contribution in [2.45, 2.75) is 150 Å². The first-order valence-corrected chi connectivity index (χ1v) is 40.4. The van der Waals surface area contributed by atoms with Crippen molar-refractivity contribution in [1.82, 2.24) is 29.0 Å². The van der Waals surface area contributed by atoms with Gasteiger partial charge in [-0.1, -0.05) is 73.5 Å². The number of benzene rings is 4. The Bertz CT molecular complexity index is 3830. The number of fused-ring (bicyclic) bond motifs is 8. The fraction of sp³-hybridized carbons (Fsp3) is 0.590. The van der Waals surface area contributed by atoms with E-state index in [1.54, 1.807) is 86.3 Å². The molecule has 4 aromatic carbocycles. The first-order chi connectivity index (χ1) is 48.2. The van der Waals surface area contributed by atoms with Crippen molar-refractivity contribution in [3.8, 4) is 11.5 Å². The summed E-state index contributed by atoms with van der Waals surface area (Å²) in [5, 5.41) is 24.6. The molecule has 2 fully saturated rings. The van der Waals surface area contributed by atoms with E-state index in [0.717, 1.165) is 75.6 Å². The van der Waals surface area contributed by atoms with Gasteiger partial charge in [0, 0.05) is 98.5 Å². The van der Waals surface area contributed by atoms with Gasteiger partial charge in [-0.15, -0.1) is 0 Å². The Labute approximate surface area is 614 Å². The fourth-order valence-corrected chi connectivity index (χ4v) is 19.8. The van der Waals surface area contributed by atoms with Gasteiger partial charge in [0.1, 0.15) is 11.5 Å². The molecule has 20 nitrogen and oxygen atoms in total. The average Bonchev–Trinajstić information content (AvgIpc) is 1.47. The molecule has 12 rings (SSSR count). The number of amides is 4. The van der Waals surface area contributed by atoms with E-state index in [0.29, 0.717) is 100.0 Å². The number of carbonyl (C=O) groups excluding carboxylic acids is 4. The Balaban J connectivity index is 0.000000205. The molecular weight excluding hydrogens is 1380 g/mol. The van der Waals surface area contributed by atoms with E-state index in [4.69, 9.17) is 32.7 Å². The number of carbonyl (C=O) groups is 4. The van der Waals surface area contributed by atoms with Crippen LogP contribution in [0.15, 0.2) is 97.1 Å². The van der Waals surface area contributed by atoms with Crippen LogP contribution in [0.3, 0.4) is 0 Å². The maximum Gasteiger partial charge on any atom is 0.264 e. The number of allylic oxidation sites excluding steroid dienone is 2. The molecule has 8 aliphatic rings. The lowest BCUT2D eigenvalue weighted by atomic mass is 9.63. The molecule has 556 valence electrons. The van der Waals surface area contributed by atoms with Crippen molar-refractivity contribution < 1.29 is 55.7 Å². The van der Waals surface area contributed by atoms with Gasteiger partial charge in [-0.05, 0) is 238 Å². The minimum Gasteiger partial charge on any atom is -0.490 e. The maximum absolute atomic E-state index is 13.6. The summed E-state index contributed by atoms with van der Waals surface area (Å²) < 4.78 is 71.7. The molecule has 102 heavy (non-hydrogen) atoms. The Morgan fingerprint density at radius 1 is 0.559 bits per heavy atom. The van der Waals surface area contributed by atoms with E-state index in [1.165, 1.54) is 22.3 Å². The molecule has 0 aromatic heterocycles. The number of hydrogen-bond donors (Lipinski definition) is 4. The summed E-state index contributed by atoms with van der Waals surface area (Å²) in [5.74, 6) is -1.38. The highest BCUT2D eigenvalue weighted by molar-refractivity contribution is 7.91. The topological polar surface area (TPSA) is 239 Å². The molecule has 0 saturated heterocycles. The zero-order chi connectivity index (χ0) is 73.4. The number of nitrogens with zero attached hydrogens (tertiary/aromatic N) is 6. The highest BCUT2D eigenvalue weighted by Gasteiger charge is 2.52. The van der Waals surface area contributed by atoms with Gasteiger partial charge >= 0.3 is 0 Å². The van der Waals surface area contributed by atoms with E-state index in [1.807, 2.05) is 76.1 Å². The first kappa shape index (κ1) is 76.9. The molecule has 4 N–H and O–H groups in total. The van der Waals surface area contributed by atoms with Gasteiger partial charge in [-0.2, -0.15) is 0 Å². The lowest BCUT2D eigenvalue weighted by Crippen LogP contribution is -2.53. The maximum atomic E-state index is 13.6. The summed E-state index contributed by atoms with van der Waals surface area (Å²) in [6, 6.07) is 22.5. The molecule has 24 heteroatoms. The van der Waals surface area contributed by atoms with Gasteiger partial charge in [-0.3, -0.25) is 19.2 Å². The van der Waals surface area contributed by atoms with Crippen LogP contribution in [0.25, 0.3) is 0 Å². The number of likely N-dealkylation sites (N-methyl/N-ethyl adjacent to an activating group) is 4. The molecule has 2 spiro atoms. The Morgan fingerprint density at radius 3 is 1.31 bits per heavy atom. The summed E-state index contributed by atoms with van der Waals surface area (Å²) in [6.07, 6.45) is 16.6. The van der Waals surface area contributed by atoms with E-state index in [2.05, 4.69) is 43.5 Å². The number of anilines is 2. The number of sulfonamides is 2. The van der Waals surface area contributed by atoms with Crippen molar-refractivity contribution in [3.63, 3.8) is 0 Å². The van der Waals surface area contributed by atoms with E-state index >= 15 is 0 Å². The molecule has 4 heterocycles. The molecule has 2 saturated carbocycles. The standard InChI is InChI=1S/2C39H53ClN4O6S/c2*1-26-8-6-17-39(47,22-36(45)43(5)19-18-42(3)4)33-13-10-30(33)23-44-24-38(16-7-9-28-20-31(40)12-14-32(28)38)25-50-35-15-11-29(21-34(35)44)37(46)41-51(48,49)27(26)2/h2*6,11-12,14-15,17,20-21,26-27,30,33,47H,7-10,13,16,18-19,22-25H2,1-5H3,(H,41,46)/b2*17-6+/t26-,27+,30-,33+,38-,39+;26-,27+,30-,33+,38-,39-/m00/s1. The van der Waals surface area contributed by atoms with Crippen LogP contribution in [-0.4, -0.2) is 200 Å². The predicted octanol–water partition coefficient (Wildman–Crippen LogP) is 10.0. The number of aliphatic hydroxyl groups is 2. The van der Waals surface area contributed by atoms with E-state index in [-0.39, 0.29) is 82.1 Å². The average molecular weight is 1480 g/mol. The normalized spacial score (nSPS) is 31.0. The number of rotatable bonds is 10. The number of nitrogens with one attached hydrogen (secondary N) is 2. The molecule has 4 amide bonds. The number of hydrogen-bond acceptors (Lipinski definition) is 16. The second kappa shape index (κ2) is 31.1. The Hall–Kier alpha value is -6.24. The molecule has 12 atom stereocenters. The summed E-state index contributed by atoms with van der Waals surface area (Å²) in [4.78, 5) is 66.3. The summed E-state index contributed by atoms with van der Waals surface area (Å²) >= 11 is 12.9. The fourth-order valence-electron chi connectivity index (χ4n) is 16.8. The quantitative estimate of drug-likeness (QED) is 0.108. The lowest BCUT2D eigenvalue weighted by Gasteiger charge is -2.49. The monoisotopic (exact) mass is 1480 g/mol. The largest absolute Gasteiger partial charge is 0.490 e. The smallest absolute Gasteiger partial charge is 0.264 e. The minimum absolute atomic E-state index is 0.0536. The van der Waals surface area contributed by atoms with Crippen LogP contribution in [0.4, 0.5) is 11.4 Å². The minimum atomic E-state index is -4.03. The van der Waals surface area contributed by atoms with Crippen LogP contribution in [0.2, 0.25) is 10.0 Å². The highest BCUT2D eigenvalue weighted by Crippen LogP contribution is 2.52. The molecule has 0 unspecified atom stereocenters. The van der Waals surface area contributed by atoms with Gasteiger partial charge in [-0.25, -0.2) is 26.3 Å². The van der Waals surface area contributed by atoms with Crippen LogP contribution in [0.5, 0.6) is 11.5 Å². The molecule has 4 aromatic rings. The molecule has 0 radical (unpaired) electrons. The molecule has 4 aliphatic carbocycles. The Kier molecular flexibility index (Phi) is 23.4. The van der Waals surface area contributed by atoms with Crippen molar-refractivity contribution in [2.75, 3.05) is 118 Å². The summed E-state index contributed by atoms with van der Waals surface area (Å²) in [6.45, 7) is 12.6. The Morgan fingerprint density at radius 2 is 0.951 bits per heavy atom. The van der Waals surface area contributed by atoms with Gasteiger partial charge < -0.3 is 49.1 Å². The lowest BCUT2D eigenvalue weighted by molar-refractivity contribution is -0.139. The van der Waals surface area contributed by atoms with Crippen molar-refractivity contribution in [3.05, 3.63) is 141 Å². The first-order valence-electron chi connectivity index (χ1n) is 36.5. The van der Waals surface area contributed by atoms with Crippen molar-refractivity contribution in [2.24, 2.45) is 35.5 Å². The summed E-state index contributed by atoms with van der Waals surface area (Å²) in [7, 11) is 3.33. The molecular formula is C78H106Cl2N8O12S2. The van der Waals surface area contributed by atoms with E-state index in [9.17, 15) is 46.2 Å². The number of ether oxygens (including phenoxy) is 2. The molecule has 4 aliphatic heterocycles. The SMILES string of the molecule is C[C@@H]1[C@@H](C)C/C=C/[C@@](O)(CC(=O)N(C)CCN(C)C)[C@@H]2CC[C@H]2CN2C[C@@]3(CCCc4cc(Cl)ccc43)COc3ccc(cc32)C(=O)NS1(=O)=O.C[C@@H]1[C@@H](C)C/C=C/[C@](O)(CC(=O)N(C)CCN(C)C)[C@@H]2CC[C@H]2CN2C[C@@]3(CCCc4cc(Cl)ccc43)COc3ccc(cc32)C(=O)NS1(=O)=O. The zero-order valence-electron chi connectivity index (χ0n) is 61.1. The van der Waals surface area contributed by atoms with Crippen LogP contribution >= 0.6 is 23.2 Å². The van der Waals surface area contributed by atoms with Crippen LogP contribution in [0, 0.1) is 35.5 Å². The van der Waals surface area contributed by atoms with Crippen molar-refractivity contribution in [1.29, 1.82) is 0 Å². The van der Waals surface area contributed by atoms with Gasteiger partial charge in [0.2, 0.25) is 31.9 Å². The molecule has 4 bridgehead atoms. The predicted molar refractivity (Wildman–Crippen MR) is 402 cm³/mol. The third kappa shape index (κ3) is 16.7. The second-order valence-electron chi connectivity index (χ2n) is 31.6. The van der Waals surface area contributed by atoms with Gasteiger partial charge in [0.15, 0.2) is 0 Å². The van der Waals surface area contributed by atoms with Gasteiger partial charge in [0.25, 0.3) is 11.8 Å². The van der Waals surface area contributed by atoms with Crippen LogP contribution < -0.4 is 28.7 Å². The third-order valence-corrected chi connectivity index (χ3v) is 28.3. The van der Waals surface area contributed by atoms with Crippen molar-refractivity contribution >= 4 is 78.3 Å². The third-order valence-electron chi connectivity index (χ3n) is 24.0. The van der Waals surface area contributed by atoms with Crippen LogP contribution in [0.1, 0.15) is 148 Å².